The van der Waals surface area contributed by atoms with Crippen LogP contribution in [0.2, 0.25) is 0 Å². The molecule has 6 nitrogen and oxygen atoms in total. The third-order valence-electron chi connectivity index (χ3n) is 6.30. The Morgan fingerprint density at radius 1 is 1.13 bits per heavy atom. The molecule has 4 rings (SSSR count). The Kier molecular flexibility index (Phi) is 6.65. The molecule has 2 aliphatic heterocycles. The second kappa shape index (κ2) is 9.77. The maximum absolute atomic E-state index is 13.4. The van der Waals surface area contributed by atoms with Gasteiger partial charge in [-0.1, -0.05) is 30.4 Å². The van der Waals surface area contributed by atoms with Crippen molar-refractivity contribution in [2.75, 3.05) is 26.7 Å². The molecule has 1 aromatic heterocycles. The fourth-order valence-corrected chi connectivity index (χ4v) is 4.55. The van der Waals surface area contributed by atoms with Gasteiger partial charge >= 0.3 is 0 Å². The Labute approximate surface area is 183 Å². The van der Waals surface area contributed by atoms with Crippen LogP contribution < -0.4 is 4.74 Å². The van der Waals surface area contributed by atoms with Gasteiger partial charge in [0, 0.05) is 38.3 Å². The number of allylic oxidation sites excluding steroid dienone is 1. The number of carbonyl (C=O) groups excluding carboxylic acids is 2. The normalized spacial score (nSPS) is 19.9. The molecule has 162 valence electrons. The smallest absolute Gasteiger partial charge is 0.272 e. The Hall–Kier alpha value is -3.15. The second-order valence-electron chi connectivity index (χ2n) is 8.23. The highest BCUT2D eigenvalue weighted by molar-refractivity contribution is 5.92. The lowest BCUT2D eigenvalue weighted by molar-refractivity contribution is -0.137. The average Bonchev–Trinajstić information content (AvgIpc) is 3.01. The van der Waals surface area contributed by atoms with Crippen molar-refractivity contribution in [3.8, 4) is 5.75 Å². The van der Waals surface area contributed by atoms with Gasteiger partial charge in [-0.2, -0.15) is 0 Å². The summed E-state index contributed by atoms with van der Waals surface area (Å²) in [6, 6.07) is 13.3. The number of aromatic nitrogens is 1. The Morgan fingerprint density at radius 3 is 2.71 bits per heavy atom. The number of hydrogen-bond donors (Lipinski definition) is 0. The lowest BCUT2D eigenvalue weighted by Gasteiger charge is -2.36. The first kappa shape index (κ1) is 21.1. The lowest BCUT2D eigenvalue weighted by Crippen LogP contribution is -2.44. The maximum atomic E-state index is 13.4. The predicted octanol–water partition coefficient (Wildman–Crippen LogP) is 3.55. The van der Waals surface area contributed by atoms with Crippen molar-refractivity contribution < 1.29 is 14.3 Å². The van der Waals surface area contributed by atoms with E-state index in [0.717, 1.165) is 30.6 Å². The first-order valence-corrected chi connectivity index (χ1v) is 10.9. The third-order valence-corrected chi connectivity index (χ3v) is 6.30. The van der Waals surface area contributed by atoms with Crippen LogP contribution in [0.25, 0.3) is 0 Å². The van der Waals surface area contributed by atoms with Gasteiger partial charge in [0.05, 0.1) is 7.11 Å². The monoisotopic (exact) mass is 419 g/mol. The molecule has 0 spiro atoms. The minimum atomic E-state index is -0.0311. The Morgan fingerprint density at radius 2 is 1.97 bits per heavy atom. The van der Waals surface area contributed by atoms with Crippen LogP contribution in [0, 0.1) is 11.8 Å². The number of carbonyl (C=O) groups is 2. The molecular formula is C25H29N3O3. The highest BCUT2D eigenvalue weighted by Crippen LogP contribution is 2.31. The van der Waals surface area contributed by atoms with Crippen LogP contribution in [-0.4, -0.2) is 53.3 Å². The van der Waals surface area contributed by atoms with Crippen LogP contribution in [0.3, 0.4) is 0 Å². The summed E-state index contributed by atoms with van der Waals surface area (Å²) in [5.74, 6) is 1.25. The van der Waals surface area contributed by atoms with E-state index in [4.69, 9.17) is 4.74 Å². The van der Waals surface area contributed by atoms with E-state index in [1.807, 2.05) is 46.2 Å². The van der Waals surface area contributed by atoms with E-state index in [1.54, 1.807) is 19.4 Å². The quantitative estimate of drug-likeness (QED) is 0.696. The fraction of sp³-hybridized carbons (Fsp3) is 0.400. The molecule has 1 atom stereocenters. The van der Waals surface area contributed by atoms with Gasteiger partial charge in [0.25, 0.3) is 5.91 Å². The highest BCUT2D eigenvalue weighted by atomic mass is 16.5. The third kappa shape index (κ3) is 4.95. The number of ether oxygens (including phenoxy) is 1. The number of piperidine rings is 1. The molecular weight excluding hydrogens is 390 g/mol. The minimum absolute atomic E-state index is 0.0224. The van der Waals surface area contributed by atoms with E-state index in [9.17, 15) is 9.59 Å². The molecule has 0 aliphatic carbocycles. The molecule has 0 bridgehead atoms. The van der Waals surface area contributed by atoms with Crippen LogP contribution in [-0.2, 0) is 11.3 Å². The molecule has 3 heterocycles. The molecule has 2 aliphatic rings. The van der Waals surface area contributed by atoms with Crippen molar-refractivity contribution in [1.82, 2.24) is 14.8 Å². The van der Waals surface area contributed by atoms with E-state index >= 15 is 0 Å². The maximum Gasteiger partial charge on any atom is 0.272 e. The highest BCUT2D eigenvalue weighted by Gasteiger charge is 2.35. The van der Waals surface area contributed by atoms with E-state index in [1.165, 1.54) is 0 Å². The zero-order valence-corrected chi connectivity index (χ0v) is 17.9. The van der Waals surface area contributed by atoms with Crippen molar-refractivity contribution in [2.24, 2.45) is 11.8 Å². The number of amides is 2. The molecule has 0 saturated carbocycles. The van der Waals surface area contributed by atoms with Crippen LogP contribution in [0.5, 0.6) is 5.75 Å². The van der Waals surface area contributed by atoms with Crippen molar-refractivity contribution in [3.63, 3.8) is 0 Å². The van der Waals surface area contributed by atoms with Gasteiger partial charge in [0.2, 0.25) is 5.91 Å². The van der Waals surface area contributed by atoms with Gasteiger partial charge in [-0.05, 0) is 55.0 Å². The van der Waals surface area contributed by atoms with Crippen molar-refractivity contribution in [1.29, 1.82) is 0 Å². The van der Waals surface area contributed by atoms with Gasteiger partial charge in [0.1, 0.15) is 11.4 Å². The summed E-state index contributed by atoms with van der Waals surface area (Å²) in [6.45, 7) is 2.55. The number of likely N-dealkylation sites (tertiary alicyclic amines) is 1. The summed E-state index contributed by atoms with van der Waals surface area (Å²) in [7, 11) is 1.65. The average molecular weight is 420 g/mol. The van der Waals surface area contributed by atoms with Crippen molar-refractivity contribution in [3.05, 3.63) is 72.1 Å². The molecule has 1 aromatic carbocycles. The Bertz CT molecular complexity index is 936. The van der Waals surface area contributed by atoms with Crippen molar-refractivity contribution >= 4 is 11.8 Å². The van der Waals surface area contributed by atoms with Crippen LogP contribution in [0.1, 0.15) is 35.3 Å². The van der Waals surface area contributed by atoms with Gasteiger partial charge < -0.3 is 14.5 Å². The molecule has 6 heteroatoms. The molecule has 0 N–H and O–H groups in total. The second-order valence-corrected chi connectivity index (χ2v) is 8.23. The largest absolute Gasteiger partial charge is 0.497 e. The van der Waals surface area contributed by atoms with Crippen LogP contribution in [0.4, 0.5) is 0 Å². The summed E-state index contributed by atoms with van der Waals surface area (Å²) in [4.78, 5) is 34.1. The predicted molar refractivity (Wildman–Crippen MR) is 119 cm³/mol. The summed E-state index contributed by atoms with van der Waals surface area (Å²) >= 11 is 0. The molecule has 2 aromatic rings. The molecule has 0 radical (unpaired) electrons. The van der Waals surface area contributed by atoms with E-state index in [2.05, 4.69) is 17.1 Å². The van der Waals surface area contributed by atoms with Gasteiger partial charge in [-0.25, -0.2) is 0 Å². The lowest BCUT2D eigenvalue weighted by atomic mass is 9.81. The van der Waals surface area contributed by atoms with Gasteiger partial charge in [-0.15, -0.1) is 0 Å². The number of rotatable bonds is 5. The minimum Gasteiger partial charge on any atom is -0.497 e. The molecule has 1 saturated heterocycles. The Balaban J connectivity index is 1.39. The van der Waals surface area contributed by atoms with Crippen molar-refractivity contribution in [2.45, 2.75) is 25.8 Å². The van der Waals surface area contributed by atoms with Crippen LogP contribution in [0.15, 0.2) is 60.8 Å². The SMILES string of the molecule is COc1cccc(CN2CC=CCC(C3CCN(C(=O)c4ccccn4)CC3)C2=O)c1. The van der Waals surface area contributed by atoms with Crippen LogP contribution >= 0.6 is 0 Å². The number of nitrogens with zero attached hydrogens (tertiary/aromatic N) is 3. The number of methoxy groups -OCH3 is 1. The zero-order valence-electron chi connectivity index (χ0n) is 17.9. The summed E-state index contributed by atoms with van der Waals surface area (Å²) < 4.78 is 5.32. The fourth-order valence-electron chi connectivity index (χ4n) is 4.55. The summed E-state index contributed by atoms with van der Waals surface area (Å²) in [6.07, 6.45) is 8.34. The van der Waals surface area contributed by atoms with E-state index in [0.29, 0.717) is 31.9 Å². The standard InChI is InChI=1S/C25H29N3O3/c1-31-21-8-6-7-19(17-21)18-28-14-5-3-9-22(24(28)29)20-11-15-27(16-12-20)25(30)23-10-2-4-13-26-23/h2-8,10,13,17,20,22H,9,11-12,14-16,18H2,1H3. The zero-order chi connectivity index (χ0) is 21.6. The number of hydrogen-bond acceptors (Lipinski definition) is 4. The number of benzene rings is 1. The molecule has 31 heavy (non-hydrogen) atoms. The summed E-state index contributed by atoms with van der Waals surface area (Å²) in [5, 5.41) is 0. The van der Waals surface area contributed by atoms with E-state index in [-0.39, 0.29) is 23.7 Å². The topological polar surface area (TPSA) is 62.7 Å². The first-order valence-electron chi connectivity index (χ1n) is 10.9. The first-order chi connectivity index (χ1) is 15.2. The van der Waals surface area contributed by atoms with Gasteiger partial charge in [0.15, 0.2) is 0 Å². The molecule has 2 amide bonds. The van der Waals surface area contributed by atoms with Gasteiger partial charge in [-0.3, -0.25) is 14.6 Å². The van der Waals surface area contributed by atoms with E-state index < -0.39 is 0 Å². The summed E-state index contributed by atoms with van der Waals surface area (Å²) in [5.41, 5.74) is 1.55. The molecule has 1 fully saturated rings. The molecule has 1 unspecified atom stereocenters. The number of pyridine rings is 1.